The van der Waals surface area contributed by atoms with E-state index in [2.05, 4.69) is 22.9 Å². The van der Waals surface area contributed by atoms with Gasteiger partial charge in [-0.25, -0.2) is 4.79 Å². The molecule has 1 aromatic carbocycles. The molecule has 7 nitrogen and oxygen atoms in total. The van der Waals surface area contributed by atoms with E-state index in [1.807, 2.05) is 49.6 Å². The topological polar surface area (TPSA) is 65.1 Å². The molecule has 1 spiro atoms. The Morgan fingerprint density at radius 1 is 1.27 bits per heavy atom. The molecule has 2 heterocycles. The molecule has 1 unspecified atom stereocenters. The van der Waals surface area contributed by atoms with Crippen LogP contribution in [0.15, 0.2) is 61.3 Å². The number of rotatable bonds is 7. The van der Waals surface area contributed by atoms with Gasteiger partial charge in [0.1, 0.15) is 6.10 Å². The Hall–Kier alpha value is -2.90. The summed E-state index contributed by atoms with van der Waals surface area (Å²) in [4.78, 5) is 30.2. The van der Waals surface area contributed by atoms with Gasteiger partial charge in [0.15, 0.2) is 0 Å². The van der Waals surface area contributed by atoms with Crippen molar-refractivity contribution < 1.29 is 14.3 Å². The van der Waals surface area contributed by atoms with E-state index in [0.717, 1.165) is 44.6 Å². The lowest BCUT2D eigenvalue weighted by Gasteiger charge is -2.48. The molecule has 33 heavy (non-hydrogen) atoms. The fourth-order valence-corrected chi connectivity index (χ4v) is 4.29. The number of likely N-dealkylation sites (tertiary alicyclic amines) is 1. The van der Waals surface area contributed by atoms with Crippen molar-refractivity contribution in [1.29, 1.82) is 0 Å². The molecule has 3 amide bonds. The average Bonchev–Trinajstić information content (AvgIpc) is 2.80. The summed E-state index contributed by atoms with van der Waals surface area (Å²) in [5, 5.41) is 2.90. The van der Waals surface area contributed by atoms with E-state index in [4.69, 9.17) is 4.74 Å². The van der Waals surface area contributed by atoms with E-state index in [0.29, 0.717) is 6.54 Å². The number of nitrogens with zero attached hydrogens (tertiary/aromatic N) is 3. The fraction of sp³-hybridized carbons (Fsp3) is 0.462. The average molecular weight is 453 g/mol. The molecule has 0 radical (unpaired) electrons. The predicted molar refractivity (Wildman–Crippen MR) is 132 cm³/mol. The van der Waals surface area contributed by atoms with Gasteiger partial charge in [-0.3, -0.25) is 4.79 Å². The molecular formula is C26H36N4O3. The van der Waals surface area contributed by atoms with Crippen LogP contribution in [0, 0.1) is 0 Å². The molecule has 0 aromatic heterocycles. The number of anilines is 1. The Bertz CT molecular complexity index is 901. The highest BCUT2D eigenvalue weighted by Crippen LogP contribution is 2.33. The fourth-order valence-electron chi connectivity index (χ4n) is 4.29. The van der Waals surface area contributed by atoms with Crippen LogP contribution in [-0.2, 0) is 16.0 Å². The van der Waals surface area contributed by atoms with Gasteiger partial charge in [0.2, 0.25) is 0 Å². The molecule has 0 saturated carbocycles. The second-order valence-corrected chi connectivity index (χ2v) is 8.99. The number of allylic oxidation sites excluding steroid dienone is 4. The highest BCUT2D eigenvalue weighted by molar-refractivity contribution is 5.89. The number of hydrogen-bond donors (Lipinski definition) is 1. The molecule has 2 saturated heterocycles. The van der Waals surface area contributed by atoms with E-state index in [1.54, 1.807) is 25.1 Å². The largest absolute Gasteiger partial charge is 0.360 e. The molecule has 2 aliphatic rings. The van der Waals surface area contributed by atoms with Gasteiger partial charge in [-0.05, 0) is 50.0 Å². The van der Waals surface area contributed by atoms with Gasteiger partial charge in [0.05, 0.1) is 12.1 Å². The van der Waals surface area contributed by atoms with Crippen molar-refractivity contribution in [2.45, 2.75) is 37.9 Å². The second kappa shape index (κ2) is 11.3. The SMILES string of the molecule is C=C/C=C\C=C\N1CC2(CCN(CCc3cccc(NC(=O)N(C)C)c3)CC2)OC(C)C1=O. The van der Waals surface area contributed by atoms with Gasteiger partial charge in [-0.2, -0.15) is 0 Å². The van der Waals surface area contributed by atoms with Crippen molar-refractivity contribution in [2.75, 3.05) is 45.6 Å². The van der Waals surface area contributed by atoms with Crippen molar-refractivity contribution in [2.24, 2.45) is 0 Å². The molecule has 3 rings (SSSR count). The maximum absolute atomic E-state index is 12.5. The minimum atomic E-state index is -0.432. The van der Waals surface area contributed by atoms with Crippen molar-refractivity contribution in [3.8, 4) is 0 Å². The van der Waals surface area contributed by atoms with E-state index < -0.39 is 6.10 Å². The van der Waals surface area contributed by atoms with E-state index >= 15 is 0 Å². The standard InChI is InChI=1S/C26H36N4O3/c1-5-6-7-8-15-30-20-26(33-21(2)24(30)31)13-17-29(18-14-26)16-12-22-10-9-11-23(19-22)27-25(32)28(3)4/h5-11,15,19,21H,1,12-14,16-18,20H2,2-4H3,(H,27,32)/b7-6-,15-8+. The summed E-state index contributed by atoms with van der Waals surface area (Å²) in [6.45, 7) is 8.92. The van der Waals surface area contributed by atoms with Crippen LogP contribution < -0.4 is 5.32 Å². The van der Waals surface area contributed by atoms with E-state index in [9.17, 15) is 9.59 Å². The number of morpholine rings is 1. The Morgan fingerprint density at radius 3 is 2.73 bits per heavy atom. The summed E-state index contributed by atoms with van der Waals surface area (Å²) in [5.74, 6) is 0.00699. The van der Waals surface area contributed by atoms with Gasteiger partial charge in [0, 0.05) is 45.6 Å². The smallest absolute Gasteiger partial charge is 0.321 e. The molecule has 1 aromatic rings. The molecule has 0 bridgehead atoms. The lowest BCUT2D eigenvalue weighted by Crippen LogP contribution is -2.60. The first-order chi connectivity index (χ1) is 15.8. The number of benzene rings is 1. The molecule has 7 heteroatoms. The zero-order valence-corrected chi connectivity index (χ0v) is 20.0. The molecular weight excluding hydrogens is 416 g/mol. The van der Waals surface area contributed by atoms with Gasteiger partial charge < -0.3 is 24.8 Å². The Kier molecular flexibility index (Phi) is 8.47. The number of hydrogen-bond acceptors (Lipinski definition) is 4. The molecule has 2 aliphatic heterocycles. The van der Waals surface area contributed by atoms with Gasteiger partial charge in [-0.15, -0.1) is 0 Å². The summed E-state index contributed by atoms with van der Waals surface area (Å²) >= 11 is 0. The minimum absolute atomic E-state index is 0.00699. The molecule has 2 fully saturated rings. The van der Waals surface area contributed by atoms with Crippen LogP contribution in [0.3, 0.4) is 0 Å². The maximum Gasteiger partial charge on any atom is 0.321 e. The zero-order valence-electron chi connectivity index (χ0n) is 20.0. The highest BCUT2D eigenvalue weighted by atomic mass is 16.5. The van der Waals surface area contributed by atoms with Crippen LogP contribution >= 0.6 is 0 Å². The third-order valence-electron chi connectivity index (χ3n) is 6.21. The van der Waals surface area contributed by atoms with E-state index in [1.165, 1.54) is 10.5 Å². The van der Waals surface area contributed by atoms with Crippen molar-refractivity contribution in [3.63, 3.8) is 0 Å². The van der Waals surface area contributed by atoms with Crippen LogP contribution in [0.4, 0.5) is 10.5 Å². The first kappa shape index (κ1) is 24.7. The number of amides is 3. The van der Waals surface area contributed by atoms with Crippen LogP contribution in [-0.4, -0.2) is 78.6 Å². The second-order valence-electron chi connectivity index (χ2n) is 8.99. The number of ether oxygens (including phenoxy) is 1. The van der Waals surface area contributed by atoms with Crippen molar-refractivity contribution >= 4 is 17.6 Å². The van der Waals surface area contributed by atoms with Crippen LogP contribution in [0.2, 0.25) is 0 Å². The molecule has 178 valence electrons. The zero-order chi connectivity index (χ0) is 23.8. The lowest BCUT2D eigenvalue weighted by atomic mass is 9.88. The summed E-state index contributed by atoms with van der Waals surface area (Å²) in [6.07, 6.45) is 11.4. The number of urea groups is 1. The molecule has 1 atom stereocenters. The quantitative estimate of drug-likeness (QED) is 0.642. The summed E-state index contributed by atoms with van der Waals surface area (Å²) in [7, 11) is 3.45. The number of carbonyl (C=O) groups is 2. The van der Waals surface area contributed by atoms with Crippen molar-refractivity contribution in [3.05, 3.63) is 66.9 Å². The summed E-state index contributed by atoms with van der Waals surface area (Å²) in [5.41, 5.74) is 1.73. The Labute approximate surface area is 197 Å². The summed E-state index contributed by atoms with van der Waals surface area (Å²) in [6, 6.07) is 7.89. The van der Waals surface area contributed by atoms with Gasteiger partial charge in [0.25, 0.3) is 5.91 Å². The Morgan fingerprint density at radius 2 is 2.03 bits per heavy atom. The highest BCUT2D eigenvalue weighted by Gasteiger charge is 2.44. The lowest BCUT2D eigenvalue weighted by molar-refractivity contribution is -0.184. The van der Waals surface area contributed by atoms with Crippen LogP contribution in [0.25, 0.3) is 0 Å². The minimum Gasteiger partial charge on any atom is -0.360 e. The van der Waals surface area contributed by atoms with Crippen LogP contribution in [0.5, 0.6) is 0 Å². The van der Waals surface area contributed by atoms with E-state index in [-0.39, 0.29) is 17.5 Å². The maximum atomic E-state index is 12.5. The number of carbonyl (C=O) groups excluding carboxylic acids is 2. The number of nitrogens with one attached hydrogen (secondary N) is 1. The third-order valence-corrected chi connectivity index (χ3v) is 6.21. The Balaban J connectivity index is 1.52. The van der Waals surface area contributed by atoms with Gasteiger partial charge in [-0.1, -0.05) is 36.9 Å². The third kappa shape index (κ3) is 6.79. The molecule has 1 N–H and O–H groups in total. The first-order valence-corrected chi connectivity index (χ1v) is 11.6. The summed E-state index contributed by atoms with van der Waals surface area (Å²) < 4.78 is 6.24. The van der Waals surface area contributed by atoms with Gasteiger partial charge >= 0.3 is 6.03 Å². The predicted octanol–water partition coefficient (Wildman–Crippen LogP) is 3.66. The molecule has 0 aliphatic carbocycles. The van der Waals surface area contributed by atoms with Crippen LogP contribution in [0.1, 0.15) is 25.3 Å². The number of piperidine rings is 1. The van der Waals surface area contributed by atoms with Crippen molar-refractivity contribution in [1.82, 2.24) is 14.7 Å². The normalized spacial score (nSPS) is 21.1. The first-order valence-electron chi connectivity index (χ1n) is 11.6. The monoisotopic (exact) mass is 452 g/mol.